The van der Waals surface area contributed by atoms with Crippen LogP contribution in [0.2, 0.25) is 0 Å². The summed E-state index contributed by atoms with van der Waals surface area (Å²) < 4.78 is 11.4. The molecule has 2 aromatic rings. The number of aliphatic imine (C=N–C) groups is 1. The zero-order valence-corrected chi connectivity index (χ0v) is 20.3. The van der Waals surface area contributed by atoms with Gasteiger partial charge in [0.05, 0.1) is 17.2 Å². The average Bonchev–Trinajstić information content (AvgIpc) is 3.06. The third-order valence-electron chi connectivity index (χ3n) is 4.65. The smallest absolute Gasteiger partial charge is 0.193 e. The Morgan fingerprint density at radius 2 is 2.00 bits per heavy atom. The number of aryl methyl sites for hydroxylation is 1. The summed E-state index contributed by atoms with van der Waals surface area (Å²) in [5.74, 6) is 2.50. The van der Waals surface area contributed by atoms with Crippen LogP contribution in [0.5, 0.6) is 11.5 Å². The largest absolute Gasteiger partial charge is 0.486 e. The van der Waals surface area contributed by atoms with Gasteiger partial charge in [0.15, 0.2) is 17.5 Å². The van der Waals surface area contributed by atoms with Gasteiger partial charge in [-0.05, 0) is 24.6 Å². The molecule has 0 aliphatic carbocycles. The van der Waals surface area contributed by atoms with E-state index in [4.69, 9.17) is 9.47 Å². The van der Waals surface area contributed by atoms with E-state index >= 15 is 0 Å². The molecule has 0 spiro atoms. The number of nitrogens with zero attached hydrogens (tertiary/aromatic N) is 3. The molecule has 28 heavy (non-hydrogen) atoms. The lowest BCUT2D eigenvalue weighted by molar-refractivity contribution is 0.171. The number of fused-ring (bicyclic) bond motifs is 1. The lowest BCUT2D eigenvalue weighted by Crippen LogP contribution is -2.44. The van der Waals surface area contributed by atoms with E-state index in [1.807, 2.05) is 27.1 Å². The van der Waals surface area contributed by atoms with E-state index in [1.54, 1.807) is 11.3 Å². The molecule has 1 aromatic carbocycles. The van der Waals surface area contributed by atoms with Crippen LogP contribution in [0.15, 0.2) is 28.6 Å². The van der Waals surface area contributed by atoms with Crippen molar-refractivity contribution in [2.75, 3.05) is 33.9 Å². The fourth-order valence-electron chi connectivity index (χ4n) is 3.05. The van der Waals surface area contributed by atoms with Crippen LogP contribution in [0, 0.1) is 6.92 Å². The number of guanidine groups is 1. The normalized spacial score (nSPS) is 13.7. The first-order valence-electron chi connectivity index (χ1n) is 9.12. The second-order valence-electron chi connectivity index (χ2n) is 7.36. The first kappa shape index (κ1) is 22.7. The van der Waals surface area contributed by atoms with Crippen LogP contribution in [0.1, 0.15) is 30.1 Å². The Bertz CT molecular complexity index is 822. The minimum Gasteiger partial charge on any atom is -0.486 e. The predicted octanol–water partition coefficient (Wildman–Crippen LogP) is 3.83. The number of benzene rings is 1. The maximum atomic E-state index is 5.73. The lowest BCUT2D eigenvalue weighted by atomic mass is 9.84. The SMILES string of the molecule is CN=C(NCC(C)(C)c1ccc2c(c1)OCCO2)N(C)Cc1csc(C)n1.I. The Labute approximate surface area is 188 Å². The van der Waals surface area contributed by atoms with Gasteiger partial charge in [-0.25, -0.2) is 4.98 Å². The summed E-state index contributed by atoms with van der Waals surface area (Å²) in [4.78, 5) is 11.0. The van der Waals surface area contributed by atoms with Crippen molar-refractivity contribution in [3.8, 4) is 11.5 Å². The molecule has 0 fully saturated rings. The summed E-state index contributed by atoms with van der Waals surface area (Å²) in [6, 6.07) is 6.19. The topological polar surface area (TPSA) is 59.0 Å². The monoisotopic (exact) mass is 516 g/mol. The third kappa shape index (κ3) is 5.50. The van der Waals surface area contributed by atoms with Gasteiger partial charge in [-0.15, -0.1) is 35.3 Å². The molecule has 2 heterocycles. The molecule has 0 bridgehead atoms. The number of ether oxygens (including phenoxy) is 2. The summed E-state index contributed by atoms with van der Waals surface area (Å²) in [7, 11) is 3.84. The van der Waals surface area contributed by atoms with E-state index in [0.717, 1.165) is 41.2 Å². The molecule has 1 aliphatic rings. The van der Waals surface area contributed by atoms with Crippen LogP contribution in [-0.4, -0.2) is 49.7 Å². The molecule has 6 nitrogen and oxygen atoms in total. The van der Waals surface area contributed by atoms with Crippen LogP contribution < -0.4 is 14.8 Å². The molecule has 154 valence electrons. The van der Waals surface area contributed by atoms with Crippen LogP contribution in [-0.2, 0) is 12.0 Å². The van der Waals surface area contributed by atoms with Crippen molar-refractivity contribution in [3.05, 3.63) is 39.8 Å². The highest BCUT2D eigenvalue weighted by atomic mass is 127. The summed E-state index contributed by atoms with van der Waals surface area (Å²) in [6.45, 7) is 9.14. The predicted molar refractivity (Wildman–Crippen MR) is 126 cm³/mol. The van der Waals surface area contributed by atoms with Crippen molar-refractivity contribution < 1.29 is 9.47 Å². The van der Waals surface area contributed by atoms with Crippen LogP contribution in [0.4, 0.5) is 0 Å². The molecule has 0 saturated carbocycles. The van der Waals surface area contributed by atoms with E-state index in [-0.39, 0.29) is 29.4 Å². The van der Waals surface area contributed by atoms with Crippen molar-refractivity contribution in [1.29, 1.82) is 0 Å². The Hall–Kier alpha value is -1.55. The first-order valence-corrected chi connectivity index (χ1v) is 10.00. The maximum Gasteiger partial charge on any atom is 0.193 e. The number of aromatic nitrogens is 1. The summed E-state index contributed by atoms with van der Waals surface area (Å²) in [5.41, 5.74) is 2.17. The van der Waals surface area contributed by atoms with Crippen molar-refractivity contribution in [2.45, 2.75) is 32.7 Å². The van der Waals surface area contributed by atoms with Crippen LogP contribution >= 0.6 is 35.3 Å². The fraction of sp³-hybridized carbons (Fsp3) is 0.500. The van der Waals surface area contributed by atoms with Gasteiger partial charge in [-0.2, -0.15) is 0 Å². The van der Waals surface area contributed by atoms with Gasteiger partial charge in [0.1, 0.15) is 13.2 Å². The molecule has 3 rings (SSSR count). The second-order valence-corrected chi connectivity index (χ2v) is 8.42. The first-order chi connectivity index (χ1) is 12.9. The van der Waals surface area contributed by atoms with Gasteiger partial charge in [0.25, 0.3) is 0 Å². The summed E-state index contributed by atoms with van der Waals surface area (Å²) in [6.07, 6.45) is 0. The molecule has 0 amide bonds. The molecule has 0 atom stereocenters. The number of hydrogen-bond donors (Lipinski definition) is 1. The molecule has 0 radical (unpaired) electrons. The number of hydrogen-bond acceptors (Lipinski definition) is 5. The number of rotatable bonds is 5. The van der Waals surface area contributed by atoms with Crippen molar-refractivity contribution >= 4 is 41.3 Å². The van der Waals surface area contributed by atoms with Gasteiger partial charge in [-0.3, -0.25) is 4.99 Å². The van der Waals surface area contributed by atoms with Gasteiger partial charge >= 0.3 is 0 Å². The molecular formula is C20H29IN4O2S. The molecule has 1 aromatic heterocycles. The standard InChI is InChI=1S/C20H28N4O2S.HI/c1-14-23-16(12-27-14)11-24(5)19(21-4)22-13-20(2,3)15-6-7-17-18(10-15)26-9-8-25-17;/h6-7,10,12H,8-9,11,13H2,1-5H3,(H,21,22);1H. The highest BCUT2D eigenvalue weighted by Gasteiger charge is 2.24. The summed E-state index contributed by atoms with van der Waals surface area (Å²) in [5, 5.41) is 6.67. The van der Waals surface area contributed by atoms with E-state index in [0.29, 0.717) is 13.2 Å². The molecular weight excluding hydrogens is 487 g/mol. The molecule has 1 aliphatic heterocycles. The van der Waals surface area contributed by atoms with Crippen molar-refractivity contribution in [2.24, 2.45) is 4.99 Å². The third-order valence-corrected chi connectivity index (χ3v) is 5.47. The highest BCUT2D eigenvalue weighted by molar-refractivity contribution is 14.0. The quantitative estimate of drug-likeness (QED) is 0.372. The van der Waals surface area contributed by atoms with E-state index in [1.165, 1.54) is 5.56 Å². The lowest BCUT2D eigenvalue weighted by Gasteiger charge is -2.30. The van der Waals surface area contributed by atoms with Crippen LogP contribution in [0.25, 0.3) is 0 Å². The average molecular weight is 516 g/mol. The Morgan fingerprint density at radius 3 is 2.64 bits per heavy atom. The fourth-order valence-corrected chi connectivity index (χ4v) is 3.65. The highest BCUT2D eigenvalue weighted by Crippen LogP contribution is 2.34. The zero-order chi connectivity index (χ0) is 19.4. The van der Waals surface area contributed by atoms with E-state index in [9.17, 15) is 0 Å². The van der Waals surface area contributed by atoms with Crippen LogP contribution in [0.3, 0.4) is 0 Å². The van der Waals surface area contributed by atoms with E-state index < -0.39 is 0 Å². The molecule has 8 heteroatoms. The zero-order valence-electron chi connectivity index (χ0n) is 17.1. The van der Waals surface area contributed by atoms with Gasteiger partial charge < -0.3 is 19.7 Å². The molecule has 0 unspecified atom stereocenters. The van der Waals surface area contributed by atoms with Gasteiger partial charge in [-0.1, -0.05) is 19.9 Å². The number of halogens is 1. The Morgan fingerprint density at radius 1 is 1.29 bits per heavy atom. The molecule has 0 saturated heterocycles. The Kier molecular flexibility index (Phi) is 7.94. The second kappa shape index (κ2) is 9.78. The molecule has 1 N–H and O–H groups in total. The minimum absolute atomic E-state index is 0. The number of thiazole rings is 1. The van der Waals surface area contributed by atoms with Gasteiger partial charge in [0, 0.05) is 31.4 Å². The summed E-state index contributed by atoms with van der Waals surface area (Å²) >= 11 is 1.67. The van der Waals surface area contributed by atoms with E-state index in [2.05, 4.69) is 51.6 Å². The van der Waals surface area contributed by atoms with Crippen molar-refractivity contribution in [3.63, 3.8) is 0 Å². The Balaban J connectivity index is 0.00000280. The maximum absolute atomic E-state index is 5.73. The van der Waals surface area contributed by atoms with Crippen molar-refractivity contribution in [1.82, 2.24) is 15.2 Å². The minimum atomic E-state index is -0.0934. The van der Waals surface area contributed by atoms with Gasteiger partial charge in [0.2, 0.25) is 0 Å². The number of nitrogens with one attached hydrogen (secondary N) is 1.